The highest BCUT2D eigenvalue weighted by atomic mass is 16.2. The van der Waals surface area contributed by atoms with Gasteiger partial charge in [0.2, 0.25) is 5.91 Å². The molecule has 0 rings (SSSR count). The molecule has 0 radical (unpaired) electrons. The Bertz CT molecular complexity index is 197. The normalized spacial score (nSPS) is 9.67. The van der Waals surface area contributed by atoms with E-state index < -0.39 is 0 Å². The van der Waals surface area contributed by atoms with Gasteiger partial charge in [-0.05, 0) is 26.8 Å². The first-order valence-corrected chi connectivity index (χ1v) is 3.91. The first-order chi connectivity index (χ1) is 5.49. The van der Waals surface area contributed by atoms with Crippen LogP contribution in [0.25, 0.3) is 0 Å². The Hall–Kier alpha value is -1.12. The van der Waals surface area contributed by atoms with Crippen molar-refractivity contribution in [2.24, 2.45) is 0 Å². The fraction of sp³-hybridized carbons (Fsp3) is 0.556. The first-order valence-electron chi connectivity index (χ1n) is 3.91. The molecule has 0 unspecified atom stereocenters. The van der Waals surface area contributed by atoms with E-state index in [1.54, 1.807) is 0 Å². The van der Waals surface area contributed by atoms with Crippen molar-refractivity contribution in [2.75, 3.05) is 6.54 Å². The van der Waals surface area contributed by atoms with Gasteiger partial charge in [-0.2, -0.15) is 0 Å². The van der Waals surface area contributed by atoms with Crippen molar-refractivity contribution in [3.8, 4) is 0 Å². The standard InChI is InChI=1S/C9H15NO2/c1-5-9(12)10(7(2)3)6-8(4)11/h5,7H,1,6H2,2-4H3. The van der Waals surface area contributed by atoms with Gasteiger partial charge in [-0.3, -0.25) is 9.59 Å². The lowest BCUT2D eigenvalue weighted by molar-refractivity contribution is -0.132. The predicted molar refractivity (Wildman–Crippen MR) is 47.7 cm³/mol. The second-order valence-electron chi connectivity index (χ2n) is 2.97. The summed E-state index contributed by atoms with van der Waals surface area (Å²) in [7, 11) is 0. The Morgan fingerprint density at radius 1 is 1.50 bits per heavy atom. The Balaban J connectivity index is 4.32. The van der Waals surface area contributed by atoms with E-state index in [2.05, 4.69) is 6.58 Å². The summed E-state index contributed by atoms with van der Waals surface area (Å²) in [6.07, 6.45) is 1.23. The Kier molecular flexibility index (Phi) is 4.26. The second-order valence-corrected chi connectivity index (χ2v) is 2.97. The summed E-state index contributed by atoms with van der Waals surface area (Å²) in [6.45, 7) is 8.73. The number of amides is 1. The number of ketones is 1. The molecule has 0 aromatic carbocycles. The zero-order chi connectivity index (χ0) is 9.72. The minimum atomic E-state index is -0.194. The Morgan fingerprint density at radius 3 is 2.25 bits per heavy atom. The van der Waals surface area contributed by atoms with Crippen LogP contribution in [0.1, 0.15) is 20.8 Å². The van der Waals surface area contributed by atoms with Gasteiger partial charge < -0.3 is 4.90 Å². The average molecular weight is 169 g/mol. The van der Waals surface area contributed by atoms with Gasteiger partial charge in [-0.25, -0.2) is 0 Å². The van der Waals surface area contributed by atoms with Crippen molar-refractivity contribution in [1.82, 2.24) is 4.90 Å². The number of hydrogen-bond acceptors (Lipinski definition) is 2. The zero-order valence-electron chi connectivity index (χ0n) is 7.83. The highest BCUT2D eigenvalue weighted by Gasteiger charge is 2.14. The van der Waals surface area contributed by atoms with Gasteiger partial charge in [0.05, 0.1) is 6.54 Å². The fourth-order valence-corrected chi connectivity index (χ4v) is 0.872. The van der Waals surface area contributed by atoms with Crippen LogP contribution in [0.4, 0.5) is 0 Å². The maximum Gasteiger partial charge on any atom is 0.246 e. The Morgan fingerprint density at radius 2 is 2.00 bits per heavy atom. The van der Waals surface area contributed by atoms with Gasteiger partial charge in [0.1, 0.15) is 5.78 Å². The van der Waals surface area contributed by atoms with Crippen LogP contribution in [0, 0.1) is 0 Å². The van der Waals surface area contributed by atoms with Crippen molar-refractivity contribution >= 4 is 11.7 Å². The molecule has 0 fully saturated rings. The van der Waals surface area contributed by atoms with Gasteiger partial charge in [0.25, 0.3) is 0 Å². The molecule has 0 saturated carbocycles. The molecule has 0 atom stereocenters. The molecule has 0 heterocycles. The van der Waals surface area contributed by atoms with Gasteiger partial charge in [0, 0.05) is 6.04 Å². The largest absolute Gasteiger partial charge is 0.329 e. The van der Waals surface area contributed by atoms with E-state index in [-0.39, 0.29) is 24.3 Å². The topological polar surface area (TPSA) is 37.4 Å². The van der Waals surface area contributed by atoms with Gasteiger partial charge in [-0.1, -0.05) is 6.58 Å². The summed E-state index contributed by atoms with van der Waals surface area (Å²) in [5.41, 5.74) is 0. The lowest BCUT2D eigenvalue weighted by Crippen LogP contribution is -2.38. The number of hydrogen-bond donors (Lipinski definition) is 0. The molecule has 0 aliphatic rings. The fourth-order valence-electron chi connectivity index (χ4n) is 0.872. The minimum Gasteiger partial charge on any atom is -0.329 e. The highest BCUT2D eigenvalue weighted by molar-refractivity contribution is 5.91. The van der Waals surface area contributed by atoms with Crippen LogP contribution in [0.5, 0.6) is 0 Å². The molecule has 0 aliphatic heterocycles. The first kappa shape index (κ1) is 10.9. The number of carbonyl (C=O) groups is 2. The third-order valence-electron chi connectivity index (χ3n) is 1.47. The average Bonchev–Trinajstić information content (AvgIpc) is 1.98. The molecule has 0 spiro atoms. The molecular weight excluding hydrogens is 154 g/mol. The van der Waals surface area contributed by atoms with E-state index >= 15 is 0 Å². The molecule has 3 heteroatoms. The minimum absolute atomic E-state index is 0.0149. The summed E-state index contributed by atoms with van der Waals surface area (Å²) in [5, 5.41) is 0. The molecule has 0 N–H and O–H groups in total. The summed E-state index contributed by atoms with van der Waals surface area (Å²) >= 11 is 0. The van der Waals surface area contributed by atoms with E-state index in [0.717, 1.165) is 0 Å². The van der Waals surface area contributed by atoms with E-state index in [1.165, 1.54) is 17.9 Å². The van der Waals surface area contributed by atoms with Gasteiger partial charge in [-0.15, -0.1) is 0 Å². The molecule has 12 heavy (non-hydrogen) atoms. The van der Waals surface area contributed by atoms with Gasteiger partial charge in [0.15, 0.2) is 0 Å². The zero-order valence-corrected chi connectivity index (χ0v) is 7.83. The van der Waals surface area contributed by atoms with Crippen molar-refractivity contribution in [3.05, 3.63) is 12.7 Å². The molecular formula is C9H15NO2. The number of carbonyl (C=O) groups excluding carboxylic acids is 2. The molecule has 0 aliphatic carbocycles. The van der Waals surface area contributed by atoms with Crippen molar-refractivity contribution < 1.29 is 9.59 Å². The molecule has 1 amide bonds. The van der Waals surface area contributed by atoms with Crippen LogP contribution in [0.2, 0.25) is 0 Å². The van der Waals surface area contributed by atoms with Crippen LogP contribution in [0.15, 0.2) is 12.7 Å². The summed E-state index contributed by atoms with van der Waals surface area (Å²) in [6, 6.07) is 0.0411. The second kappa shape index (κ2) is 4.70. The maximum absolute atomic E-state index is 11.1. The molecule has 0 aromatic rings. The maximum atomic E-state index is 11.1. The predicted octanol–water partition coefficient (Wildman–Crippen LogP) is 0.998. The molecule has 0 saturated heterocycles. The third kappa shape index (κ3) is 3.32. The van der Waals surface area contributed by atoms with Crippen LogP contribution in [-0.4, -0.2) is 29.2 Å². The molecule has 68 valence electrons. The quantitative estimate of drug-likeness (QED) is 0.589. The van der Waals surface area contributed by atoms with E-state index in [9.17, 15) is 9.59 Å². The van der Waals surface area contributed by atoms with E-state index in [0.29, 0.717) is 0 Å². The SMILES string of the molecule is C=CC(=O)N(CC(C)=O)C(C)C. The van der Waals surface area contributed by atoms with Crippen LogP contribution < -0.4 is 0 Å². The monoisotopic (exact) mass is 169 g/mol. The van der Waals surface area contributed by atoms with Crippen molar-refractivity contribution in [2.45, 2.75) is 26.8 Å². The van der Waals surface area contributed by atoms with Crippen LogP contribution >= 0.6 is 0 Å². The van der Waals surface area contributed by atoms with E-state index in [1.807, 2.05) is 13.8 Å². The number of Topliss-reactive ketones (excluding diaryl/α,β-unsaturated/α-hetero) is 1. The molecule has 0 aromatic heterocycles. The summed E-state index contributed by atoms with van der Waals surface area (Å²) < 4.78 is 0. The van der Waals surface area contributed by atoms with Gasteiger partial charge >= 0.3 is 0 Å². The highest BCUT2D eigenvalue weighted by Crippen LogP contribution is 1.99. The molecule has 0 bridgehead atoms. The van der Waals surface area contributed by atoms with Crippen molar-refractivity contribution in [1.29, 1.82) is 0 Å². The third-order valence-corrected chi connectivity index (χ3v) is 1.47. The lowest BCUT2D eigenvalue weighted by Gasteiger charge is -2.23. The van der Waals surface area contributed by atoms with Crippen LogP contribution in [-0.2, 0) is 9.59 Å². The summed E-state index contributed by atoms with van der Waals surface area (Å²) in [5.74, 6) is -0.209. The van der Waals surface area contributed by atoms with Crippen LogP contribution in [0.3, 0.4) is 0 Å². The number of nitrogens with zero attached hydrogens (tertiary/aromatic N) is 1. The van der Waals surface area contributed by atoms with Crippen molar-refractivity contribution in [3.63, 3.8) is 0 Å². The summed E-state index contributed by atoms with van der Waals surface area (Å²) in [4.78, 5) is 23.4. The molecule has 3 nitrogen and oxygen atoms in total. The van der Waals surface area contributed by atoms with E-state index in [4.69, 9.17) is 0 Å². The Labute approximate surface area is 73.1 Å². The lowest BCUT2D eigenvalue weighted by atomic mass is 10.2. The smallest absolute Gasteiger partial charge is 0.246 e. The number of rotatable bonds is 4.